The van der Waals surface area contributed by atoms with Gasteiger partial charge < -0.3 is 15.8 Å². The SMILES string of the molecule is CN1C(N)=N[C@@]2(c3cc(NC(=O)c4ncc(F)cc4F)ccc3F)COCCC2S1(=O)=O. The van der Waals surface area contributed by atoms with Gasteiger partial charge >= 0.3 is 0 Å². The van der Waals surface area contributed by atoms with Crippen molar-refractivity contribution in [1.29, 1.82) is 0 Å². The summed E-state index contributed by atoms with van der Waals surface area (Å²) in [5.41, 5.74) is 3.33. The average molecular weight is 469 g/mol. The molecule has 0 aliphatic carbocycles. The summed E-state index contributed by atoms with van der Waals surface area (Å²) in [7, 11) is -2.72. The first kappa shape index (κ1) is 22.0. The molecule has 1 aromatic carbocycles. The van der Waals surface area contributed by atoms with Crippen LogP contribution in [0.2, 0.25) is 0 Å². The van der Waals surface area contributed by atoms with Gasteiger partial charge in [0.1, 0.15) is 22.4 Å². The molecule has 1 unspecified atom stereocenters. The van der Waals surface area contributed by atoms with Crippen molar-refractivity contribution in [1.82, 2.24) is 9.29 Å². The van der Waals surface area contributed by atoms with Crippen LogP contribution in [0.3, 0.4) is 0 Å². The number of rotatable bonds is 3. The minimum Gasteiger partial charge on any atom is -0.378 e. The van der Waals surface area contributed by atoms with Gasteiger partial charge in [0.25, 0.3) is 5.91 Å². The van der Waals surface area contributed by atoms with Crippen LogP contribution in [0.4, 0.5) is 18.9 Å². The molecule has 1 amide bonds. The Balaban J connectivity index is 1.77. The zero-order chi connectivity index (χ0) is 23.3. The summed E-state index contributed by atoms with van der Waals surface area (Å²) >= 11 is 0. The predicted octanol–water partition coefficient (Wildman–Crippen LogP) is 1.33. The number of guanidine groups is 1. The summed E-state index contributed by atoms with van der Waals surface area (Å²) in [6.45, 7) is -0.129. The van der Waals surface area contributed by atoms with E-state index in [1.165, 1.54) is 19.2 Å². The Hall–Kier alpha value is -3.19. The molecule has 13 heteroatoms. The second kappa shape index (κ2) is 7.74. The van der Waals surface area contributed by atoms with Crippen molar-refractivity contribution in [3.05, 3.63) is 59.2 Å². The number of aliphatic imine (C=N–C) groups is 1. The van der Waals surface area contributed by atoms with Crippen molar-refractivity contribution >= 4 is 27.6 Å². The van der Waals surface area contributed by atoms with E-state index in [1.807, 2.05) is 0 Å². The molecule has 2 aromatic rings. The number of nitrogens with one attached hydrogen (secondary N) is 1. The third kappa shape index (κ3) is 3.46. The van der Waals surface area contributed by atoms with Crippen molar-refractivity contribution in [2.45, 2.75) is 17.2 Å². The monoisotopic (exact) mass is 469 g/mol. The van der Waals surface area contributed by atoms with Crippen LogP contribution in [0, 0.1) is 17.5 Å². The third-order valence-electron chi connectivity index (χ3n) is 5.47. The highest BCUT2D eigenvalue weighted by atomic mass is 32.2. The number of sulfonamides is 1. The second-order valence-corrected chi connectivity index (χ2v) is 9.52. The van der Waals surface area contributed by atoms with E-state index in [-0.39, 0.29) is 36.8 Å². The molecule has 1 fully saturated rings. The maximum atomic E-state index is 15.0. The van der Waals surface area contributed by atoms with Gasteiger partial charge in [0, 0.05) is 31.0 Å². The maximum absolute atomic E-state index is 15.0. The summed E-state index contributed by atoms with van der Waals surface area (Å²) in [6, 6.07) is 3.90. The first-order chi connectivity index (χ1) is 15.1. The normalized spacial score (nSPS) is 24.4. The van der Waals surface area contributed by atoms with E-state index in [0.29, 0.717) is 12.3 Å². The van der Waals surface area contributed by atoms with Crippen LogP contribution in [0.5, 0.6) is 0 Å². The van der Waals surface area contributed by atoms with Crippen molar-refractivity contribution in [2.75, 3.05) is 25.6 Å². The van der Waals surface area contributed by atoms with Gasteiger partial charge in [-0.25, -0.2) is 35.9 Å². The Labute approximate surface area is 181 Å². The number of nitrogens with two attached hydrogens (primary N) is 1. The van der Waals surface area contributed by atoms with Crippen LogP contribution in [0.1, 0.15) is 22.5 Å². The molecule has 0 spiro atoms. The molecule has 3 N–H and O–H groups in total. The molecule has 9 nitrogen and oxygen atoms in total. The Bertz CT molecular complexity index is 1240. The van der Waals surface area contributed by atoms with Gasteiger partial charge in [-0.1, -0.05) is 0 Å². The van der Waals surface area contributed by atoms with Gasteiger partial charge in [-0.2, -0.15) is 0 Å². The zero-order valence-corrected chi connectivity index (χ0v) is 17.5. The number of pyridine rings is 1. The first-order valence-electron chi connectivity index (χ1n) is 9.39. The summed E-state index contributed by atoms with van der Waals surface area (Å²) in [6.07, 6.45) is 0.724. The van der Waals surface area contributed by atoms with Crippen molar-refractivity contribution in [3.63, 3.8) is 0 Å². The molecule has 1 aromatic heterocycles. The van der Waals surface area contributed by atoms with E-state index in [1.54, 1.807) is 0 Å². The van der Waals surface area contributed by atoms with Crippen molar-refractivity contribution in [2.24, 2.45) is 10.7 Å². The van der Waals surface area contributed by atoms with Crippen LogP contribution in [-0.2, 0) is 20.3 Å². The summed E-state index contributed by atoms with van der Waals surface area (Å²) in [4.78, 5) is 20.1. The van der Waals surface area contributed by atoms with Crippen LogP contribution >= 0.6 is 0 Å². The molecule has 0 radical (unpaired) electrons. The predicted molar refractivity (Wildman–Crippen MR) is 108 cm³/mol. The van der Waals surface area contributed by atoms with Gasteiger partial charge in [0.2, 0.25) is 16.0 Å². The third-order valence-corrected chi connectivity index (χ3v) is 7.77. The van der Waals surface area contributed by atoms with Gasteiger partial charge in [-0.15, -0.1) is 0 Å². The van der Waals surface area contributed by atoms with Gasteiger partial charge in [0.15, 0.2) is 11.5 Å². The molecule has 2 atom stereocenters. The molecular weight excluding hydrogens is 451 g/mol. The molecule has 170 valence electrons. The fourth-order valence-corrected chi connectivity index (χ4v) is 5.68. The number of benzene rings is 1. The molecule has 4 rings (SSSR count). The molecule has 3 heterocycles. The van der Waals surface area contributed by atoms with E-state index < -0.39 is 49.9 Å². The number of halogens is 3. The van der Waals surface area contributed by atoms with E-state index in [0.717, 1.165) is 10.4 Å². The van der Waals surface area contributed by atoms with Crippen molar-refractivity contribution in [3.8, 4) is 0 Å². The highest BCUT2D eigenvalue weighted by molar-refractivity contribution is 7.90. The average Bonchev–Trinajstić information content (AvgIpc) is 2.73. The lowest BCUT2D eigenvalue weighted by molar-refractivity contribution is 0.0361. The standard InChI is InChI=1S/C19H18F3N5O4S/c1-27-18(23)26-19(9-31-5-4-15(19)32(27,29)30)12-7-11(2-3-13(12)21)25-17(28)16-14(22)6-10(20)8-24-16/h2-3,6-8,15H,4-5,9H2,1H3,(H2,23,26)(H,25,28)/t15?,19-/m1/s1. The second-order valence-electron chi connectivity index (χ2n) is 7.37. The number of anilines is 1. The number of carbonyl (C=O) groups excluding carboxylic acids is 1. The Morgan fingerprint density at radius 3 is 2.75 bits per heavy atom. The molecule has 0 saturated carbocycles. The van der Waals surface area contributed by atoms with E-state index in [9.17, 15) is 26.4 Å². The fourth-order valence-electron chi connectivity index (χ4n) is 3.86. The molecular formula is C19H18F3N5O4S. The number of aromatic nitrogens is 1. The Morgan fingerprint density at radius 2 is 2.03 bits per heavy atom. The van der Waals surface area contributed by atoms with Crippen molar-refractivity contribution < 1.29 is 31.1 Å². The fraction of sp³-hybridized carbons (Fsp3) is 0.316. The summed E-state index contributed by atoms with van der Waals surface area (Å²) < 4.78 is 74.2. The molecule has 1 saturated heterocycles. The molecule has 0 bridgehead atoms. The topological polar surface area (TPSA) is 127 Å². The highest BCUT2D eigenvalue weighted by Crippen LogP contribution is 2.44. The Morgan fingerprint density at radius 1 is 1.28 bits per heavy atom. The lowest BCUT2D eigenvalue weighted by atomic mass is 9.84. The van der Waals surface area contributed by atoms with Crippen LogP contribution in [0.25, 0.3) is 0 Å². The molecule has 2 aliphatic rings. The number of nitrogens with zero attached hydrogens (tertiary/aromatic N) is 3. The van der Waals surface area contributed by atoms with Gasteiger partial charge in [-0.3, -0.25) is 4.79 Å². The largest absolute Gasteiger partial charge is 0.378 e. The van der Waals surface area contributed by atoms with Crippen LogP contribution in [-0.4, -0.2) is 55.1 Å². The number of carbonyl (C=O) groups is 1. The number of amides is 1. The van der Waals surface area contributed by atoms with E-state index in [4.69, 9.17) is 10.5 Å². The molecule has 2 aliphatic heterocycles. The molecule has 32 heavy (non-hydrogen) atoms. The van der Waals surface area contributed by atoms with Crippen LogP contribution in [0.15, 0.2) is 35.5 Å². The minimum absolute atomic E-state index is 0.0146. The maximum Gasteiger partial charge on any atom is 0.277 e. The first-order valence-corrected chi connectivity index (χ1v) is 10.9. The number of fused-ring (bicyclic) bond motifs is 1. The van der Waals surface area contributed by atoms with Gasteiger partial charge in [0.05, 0.1) is 12.8 Å². The highest BCUT2D eigenvalue weighted by Gasteiger charge is 2.56. The number of hydrogen-bond donors (Lipinski definition) is 2. The lowest BCUT2D eigenvalue weighted by Gasteiger charge is -2.45. The smallest absolute Gasteiger partial charge is 0.277 e. The van der Waals surface area contributed by atoms with Crippen LogP contribution < -0.4 is 11.1 Å². The van der Waals surface area contributed by atoms with E-state index >= 15 is 0 Å². The number of hydrogen-bond acceptors (Lipinski definition) is 7. The zero-order valence-electron chi connectivity index (χ0n) is 16.7. The summed E-state index contributed by atoms with van der Waals surface area (Å²) in [5, 5.41) is 1.19. The Kier molecular flexibility index (Phi) is 5.33. The van der Waals surface area contributed by atoms with Gasteiger partial charge in [-0.05, 0) is 24.6 Å². The minimum atomic E-state index is -3.98. The quantitative estimate of drug-likeness (QED) is 0.698. The lowest BCUT2D eigenvalue weighted by Crippen LogP contribution is -2.61. The summed E-state index contributed by atoms with van der Waals surface area (Å²) in [5.74, 6) is -4.26. The van der Waals surface area contributed by atoms with E-state index in [2.05, 4.69) is 15.3 Å². The number of ether oxygens (including phenoxy) is 1.